The molecule has 1 aromatic heterocycles. The first-order chi connectivity index (χ1) is 10.2. The maximum absolute atomic E-state index is 12.3. The Balaban J connectivity index is 2.02. The first-order valence-electron chi connectivity index (χ1n) is 6.88. The van der Waals surface area contributed by atoms with Gasteiger partial charge in [-0.05, 0) is 43.2 Å². The van der Waals surface area contributed by atoms with Crippen molar-refractivity contribution < 1.29 is 4.79 Å². The molecule has 3 heteroatoms. The monoisotopic (exact) mass is 276 g/mol. The third-order valence-corrected chi connectivity index (χ3v) is 3.72. The van der Waals surface area contributed by atoms with Gasteiger partial charge in [-0.2, -0.15) is 0 Å². The Morgan fingerprint density at radius 3 is 2.52 bits per heavy atom. The zero-order chi connectivity index (χ0) is 14.8. The first kappa shape index (κ1) is 13.3. The van der Waals surface area contributed by atoms with E-state index >= 15 is 0 Å². The number of carbonyl (C=O) groups is 1. The predicted molar refractivity (Wildman–Crippen MR) is 85.6 cm³/mol. The Hall–Kier alpha value is -2.68. The van der Waals surface area contributed by atoms with Crippen LogP contribution in [-0.2, 0) is 0 Å². The quantitative estimate of drug-likeness (QED) is 0.765. The van der Waals surface area contributed by atoms with Crippen LogP contribution in [0.25, 0.3) is 10.9 Å². The van der Waals surface area contributed by atoms with E-state index in [0.29, 0.717) is 5.56 Å². The van der Waals surface area contributed by atoms with Gasteiger partial charge in [0.25, 0.3) is 5.91 Å². The second-order valence-corrected chi connectivity index (χ2v) is 5.08. The van der Waals surface area contributed by atoms with Crippen molar-refractivity contribution in [3.05, 3.63) is 71.4 Å². The van der Waals surface area contributed by atoms with Crippen molar-refractivity contribution in [1.82, 2.24) is 4.98 Å². The van der Waals surface area contributed by atoms with Crippen molar-refractivity contribution >= 4 is 22.5 Å². The van der Waals surface area contributed by atoms with Crippen LogP contribution in [0.2, 0.25) is 0 Å². The lowest BCUT2D eigenvalue weighted by Gasteiger charge is -2.11. The second kappa shape index (κ2) is 5.37. The fraction of sp³-hybridized carbons (Fsp3) is 0.111. The van der Waals surface area contributed by atoms with E-state index in [2.05, 4.69) is 23.3 Å². The summed E-state index contributed by atoms with van der Waals surface area (Å²) in [4.78, 5) is 16.7. The number of hydrogen-bond acceptors (Lipinski definition) is 2. The normalized spacial score (nSPS) is 10.6. The zero-order valence-corrected chi connectivity index (χ0v) is 12.1. The standard InChI is InChI=1S/C18H16N2O/c1-12-8-9-15-16(10-11-19-17(15)13(12)2)20-18(21)14-6-4-3-5-7-14/h3-11H,1-2H3,(H,19,20,21). The molecule has 0 radical (unpaired) electrons. The molecular weight excluding hydrogens is 260 g/mol. The van der Waals surface area contributed by atoms with Crippen LogP contribution in [0, 0.1) is 13.8 Å². The number of rotatable bonds is 2. The molecule has 0 saturated carbocycles. The number of anilines is 1. The zero-order valence-electron chi connectivity index (χ0n) is 12.1. The van der Waals surface area contributed by atoms with Gasteiger partial charge in [-0.1, -0.05) is 30.3 Å². The fourth-order valence-electron chi connectivity index (χ4n) is 2.35. The number of hydrogen-bond donors (Lipinski definition) is 1. The van der Waals surface area contributed by atoms with E-state index < -0.39 is 0 Å². The number of fused-ring (bicyclic) bond motifs is 1. The number of aromatic nitrogens is 1. The van der Waals surface area contributed by atoms with Gasteiger partial charge in [0.2, 0.25) is 0 Å². The summed E-state index contributed by atoms with van der Waals surface area (Å²) in [5, 5.41) is 3.93. The molecule has 0 fully saturated rings. The maximum atomic E-state index is 12.3. The topological polar surface area (TPSA) is 42.0 Å². The summed E-state index contributed by atoms with van der Waals surface area (Å²) in [6.07, 6.45) is 1.73. The number of nitrogens with zero attached hydrogens (tertiary/aromatic N) is 1. The molecule has 21 heavy (non-hydrogen) atoms. The molecule has 104 valence electrons. The minimum absolute atomic E-state index is 0.110. The molecular formula is C18H16N2O. The Labute approximate surface area is 123 Å². The highest BCUT2D eigenvalue weighted by Crippen LogP contribution is 2.26. The van der Waals surface area contributed by atoms with Crippen molar-refractivity contribution in [2.24, 2.45) is 0 Å². The molecule has 3 aromatic rings. The molecule has 0 unspecified atom stereocenters. The molecule has 0 saturated heterocycles. The lowest BCUT2D eigenvalue weighted by Crippen LogP contribution is -2.12. The number of carbonyl (C=O) groups excluding carboxylic acids is 1. The molecule has 2 aromatic carbocycles. The van der Waals surface area contributed by atoms with Crippen molar-refractivity contribution in [3.8, 4) is 0 Å². The third kappa shape index (κ3) is 2.50. The molecule has 0 aliphatic carbocycles. The highest BCUT2D eigenvalue weighted by molar-refractivity contribution is 6.08. The van der Waals surface area contributed by atoms with Gasteiger partial charge in [0.1, 0.15) is 0 Å². The highest BCUT2D eigenvalue weighted by atomic mass is 16.1. The SMILES string of the molecule is Cc1ccc2c(NC(=O)c3ccccc3)ccnc2c1C. The molecule has 0 atom stereocenters. The summed E-state index contributed by atoms with van der Waals surface area (Å²) in [5.74, 6) is -0.110. The lowest BCUT2D eigenvalue weighted by atomic mass is 10.0. The Morgan fingerprint density at radius 1 is 1.00 bits per heavy atom. The molecule has 0 aliphatic heterocycles. The van der Waals surface area contributed by atoms with E-state index in [0.717, 1.165) is 22.2 Å². The van der Waals surface area contributed by atoms with Gasteiger partial charge >= 0.3 is 0 Å². The molecule has 3 rings (SSSR count). The van der Waals surface area contributed by atoms with Crippen LogP contribution in [0.1, 0.15) is 21.5 Å². The van der Waals surface area contributed by atoms with E-state index in [-0.39, 0.29) is 5.91 Å². The van der Waals surface area contributed by atoms with Crippen LogP contribution in [0.3, 0.4) is 0 Å². The Morgan fingerprint density at radius 2 is 1.76 bits per heavy atom. The minimum Gasteiger partial charge on any atom is -0.321 e. The molecule has 3 nitrogen and oxygen atoms in total. The van der Waals surface area contributed by atoms with E-state index in [1.165, 1.54) is 5.56 Å². The summed E-state index contributed by atoms with van der Waals surface area (Å²) in [6.45, 7) is 4.11. The molecule has 0 bridgehead atoms. The number of amides is 1. The summed E-state index contributed by atoms with van der Waals surface area (Å²) in [6, 6.07) is 15.1. The second-order valence-electron chi connectivity index (χ2n) is 5.08. The van der Waals surface area contributed by atoms with Crippen molar-refractivity contribution in [3.63, 3.8) is 0 Å². The van der Waals surface area contributed by atoms with Gasteiger partial charge in [-0.15, -0.1) is 0 Å². The Kier molecular flexibility index (Phi) is 3.40. The number of aryl methyl sites for hydroxylation is 2. The van der Waals surface area contributed by atoms with Crippen LogP contribution in [-0.4, -0.2) is 10.9 Å². The van der Waals surface area contributed by atoms with Crippen LogP contribution < -0.4 is 5.32 Å². The largest absolute Gasteiger partial charge is 0.321 e. The highest BCUT2D eigenvalue weighted by Gasteiger charge is 2.10. The molecule has 0 spiro atoms. The van der Waals surface area contributed by atoms with Crippen LogP contribution >= 0.6 is 0 Å². The van der Waals surface area contributed by atoms with Crippen molar-refractivity contribution in [1.29, 1.82) is 0 Å². The van der Waals surface area contributed by atoms with Gasteiger partial charge in [-0.25, -0.2) is 0 Å². The maximum Gasteiger partial charge on any atom is 0.255 e. The summed E-state index contributed by atoms with van der Waals surface area (Å²) in [7, 11) is 0. The lowest BCUT2D eigenvalue weighted by molar-refractivity contribution is 0.102. The van der Waals surface area contributed by atoms with Crippen LogP contribution in [0.15, 0.2) is 54.7 Å². The molecule has 1 heterocycles. The predicted octanol–water partition coefficient (Wildman–Crippen LogP) is 4.10. The van der Waals surface area contributed by atoms with E-state index in [1.807, 2.05) is 37.3 Å². The van der Waals surface area contributed by atoms with Gasteiger partial charge < -0.3 is 5.32 Å². The van der Waals surface area contributed by atoms with Gasteiger partial charge in [0.05, 0.1) is 11.2 Å². The number of benzene rings is 2. The van der Waals surface area contributed by atoms with E-state index in [4.69, 9.17) is 0 Å². The summed E-state index contributed by atoms with van der Waals surface area (Å²) >= 11 is 0. The third-order valence-electron chi connectivity index (χ3n) is 3.72. The smallest absolute Gasteiger partial charge is 0.255 e. The average Bonchev–Trinajstić information content (AvgIpc) is 2.52. The first-order valence-corrected chi connectivity index (χ1v) is 6.88. The van der Waals surface area contributed by atoms with Crippen molar-refractivity contribution in [2.45, 2.75) is 13.8 Å². The molecule has 1 amide bonds. The number of pyridine rings is 1. The van der Waals surface area contributed by atoms with Gasteiger partial charge in [0.15, 0.2) is 0 Å². The molecule has 1 N–H and O–H groups in total. The summed E-state index contributed by atoms with van der Waals surface area (Å²) in [5.41, 5.74) is 4.70. The average molecular weight is 276 g/mol. The summed E-state index contributed by atoms with van der Waals surface area (Å²) < 4.78 is 0. The van der Waals surface area contributed by atoms with E-state index in [9.17, 15) is 4.79 Å². The van der Waals surface area contributed by atoms with Gasteiger partial charge in [-0.3, -0.25) is 9.78 Å². The Bertz CT molecular complexity index is 810. The number of nitrogens with one attached hydrogen (secondary N) is 1. The van der Waals surface area contributed by atoms with E-state index in [1.54, 1.807) is 18.3 Å². The minimum atomic E-state index is -0.110. The van der Waals surface area contributed by atoms with Crippen LogP contribution in [0.4, 0.5) is 5.69 Å². The van der Waals surface area contributed by atoms with Crippen LogP contribution in [0.5, 0.6) is 0 Å². The van der Waals surface area contributed by atoms with Crippen molar-refractivity contribution in [2.75, 3.05) is 5.32 Å². The molecule has 0 aliphatic rings. The van der Waals surface area contributed by atoms with Gasteiger partial charge in [0, 0.05) is 17.1 Å². The fourth-order valence-corrected chi connectivity index (χ4v) is 2.35.